The first-order valence-electron chi connectivity index (χ1n) is 7.90. The molecule has 1 aliphatic rings. The Bertz CT molecular complexity index is 596. The largest absolute Gasteiger partial charge is 0.333 e. The molecule has 1 fully saturated rings. The van der Waals surface area contributed by atoms with Crippen LogP contribution in [0.2, 0.25) is 0 Å². The molecule has 0 bridgehead atoms. The number of thioether (sulfide) groups is 1. The van der Waals surface area contributed by atoms with E-state index < -0.39 is 0 Å². The maximum atomic E-state index is 12.2. The van der Waals surface area contributed by atoms with Crippen LogP contribution in [-0.2, 0) is 6.54 Å². The van der Waals surface area contributed by atoms with Crippen molar-refractivity contribution in [2.75, 3.05) is 18.8 Å². The van der Waals surface area contributed by atoms with Crippen molar-refractivity contribution in [2.45, 2.75) is 24.4 Å². The van der Waals surface area contributed by atoms with Crippen LogP contribution in [0.4, 0.5) is 4.79 Å². The smallest absolute Gasteiger partial charge is 0.317 e. The number of carbonyl (C=O) groups is 1. The van der Waals surface area contributed by atoms with Gasteiger partial charge in [-0.1, -0.05) is 12.1 Å². The summed E-state index contributed by atoms with van der Waals surface area (Å²) >= 11 is 3.49. The normalized spacial score (nSPS) is 15.6. The van der Waals surface area contributed by atoms with E-state index in [1.807, 2.05) is 52.5 Å². The molecule has 0 radical (unpaired) electrons. The average Bonchev–Trinajstić information content (AvgIpc) is 3.13. The lowest BCUT2D eigenvalue weighted by Crippen LogP contribution is -2.44. The van der Waals surface area contributed by atoms with Gasteiger partial charge in [0, 0.05) is 29.9 Å². The number of hydrogen-bond acceptors (Lipinski definition) is 4. The molecule has 1 N–H and O–H groups in total. The summed E-state index contributed by atoms with van der Waals surface area (Å²) in [5, 5.41) is 6.13. The minimum atomic E-state index is 0.0641. The summed E-state index contributed by atoms with van der Waals surface area (Å²) < 4.78 is 0. The van der Waals surface area contributed by atoms with Crippen LogP contribution in [0.1, 0.15) is 17.7 Å². The highest BCUT2D eigenvalue weighted by Gasteiger charge is 2.22. The Kier molecular flexibility index (Phi) is 5.93. The molecule has 0 unspecified atom stereocenters. The summed E-state index contributed by atoms with van der Waals surface area (Å²) in [6, 6.07) is 10.1. The van der Waals surface area contributed by atoms with Gasteiger partial charge in [-0.15, -0.1) is 23.1 Å². The minimum Gasteiger partial charge on any atom is -0.333 e. The maximum absolute atomic E-state index is 12.2. The molecule has 6 heteroatoms. The van der Waals surface area contributed by atoms with Gasteiger partial charge in [-0.25, -0.2) is 9.78 Å². The molecule has 0 atom stereocenters. The zero-order chi connectivity index (χ0) is 15.9. The molecule has 2 aromatic rings. The molecule has 1 aliphatic heterocycles. The van der Waals surface area contributed by atoms with Gasteiger partial charge in [0.25, 0.3) is 0 Å². The van der Waals surface area contributed by atoms with E-state index in [-0.39, 0.29) is 6.03 Å². The fourth-order valence-electron chi connectivity index (χ4n) is 2.63. The number of thiophene rings is 1. The monoisotopic (exact) mass is 347 g/mol. The van der Waals surface area contributed by atoms with Crippen molar-refractivity contribution in [2.24, 2.45) is 5.92 Å². The number of piperidine rings is 1. The third-order valence-electron chi connectivity index (χ3n) is 4.00. The number of urea groups is 1. The molecule has 1 saturated heterocycles. The van der Waals surface area contributed by atoms with Crippen LogP contribution < -0.4 is 5.32 Å². The van der Waals surface area contributed by atoms with Crippen molar-refractivity contribution in [3.8, 4) is 0 Å². The minimum absolute atomic E-state index is 0.0641. The summed E-state index contributed by atoms with van der Waals surface area (Å²) in [5.41, 5.74) is 0. The number of amides is 2. The Morgan fingerprint density at radius 1 is 1.30 bits per heavy atom. The molecule has 0 saturated carbocycles. The molecule has 2 amide bonds. The second-order valence-electron chi connectivity index (χ2n) is 5.65. The van der Waals surface area contributed by atoms with Crippen molar-refractivity contribution in [3.63, 3.8) is 0 Å². The van der Waals surface area contributed by atoms with Crippen molar-refractivity contribution >= 4 is 29.1 Å². The van der Waals surface area contributed by atoms with Crippen LogP contribution in [-0.4, -0.2) is 34.8 Å². The second-order valence-corrected chi connectivity index (χ2v) is 7.72. The average molecular weight is 348 g/mol. The number of nitrogens with zero attached hydrogens (tertiary/aromatic N) is 2. The molecule has 122 valence electrons. The fraction of sp³-hybridized carbons (Fsp3) is 0.412. The first-order chi connectivity index (χ1) is 11.3. The Balaban J connectivity index is 1.37. The first-order valence-corrected chi connectivity index (χ1v) is 9.77. The van der Waals surface area contributed by atoms with Gasteiger partial charge in [-0.05, 0) is 42.3 Å². The van der Waals surface area contributed by atoms with Gasteiger partial charge in [0.15, 0.2) is 0 Å². The van der Waals surface area contributed by atoms with Crippen LogP contribution in [0.15, 0.2) is 46.9 Å². The second kappa shape index (κ2) is 8.36. The predicted octanol–water partition coefficient (Wildman–Crippen LogP) is 3.86. The molecule has 4 nitrogen and oxygen atoms in total. The molecule has 0 spiro atoms. The number of pyridine rings is 1. The number of aromatic nitrogens is 1. The van der Waals surface area contributed by atoms with Gasteiger partial charge in [0.05, 0.1) is 11.6 Å². The van der Waals surface area contributed by atoms with E-state index in [1.54, 1.807) is 11.3 Å². The molecular formula is C17H21N3OS2. The highest BCUT2D eigenvalue weighted by molar-refractivity contribution is 7.99. The van der Waals surface area contributed by atoms with Crippen LogP contribution in [0.25, 0.3) is 0 Å². The summed E-state index contributed by atoms with van der Waals surface area (Å²) in [7, 11) is 0. The van der Waals surface area contributed by atoms with E-state index in [1.165, 1.54) is 4.88 Å². The standard InChI is InChI=1S/C17H21N3OS2/c21-17(19-12-15-4-3-11-22-15)20-9-6-14(7-10-20)13-23-16-5-1-2-8-18-16/h1-5,8,11,14H,6-7,9-10,12-13H2,(H,19,21). The van der Waals surface area contributed by atoms with E-state index in [2.05, 4.69) is 16.4 Å². The molecule has 3 heterocycles. The number of nitrogens with one attached hydrogen (secondary N) is 1. The summed E-state index contributed by atoms with van der Waals surface area (Å²) in [6.45, 7) is 2.33. The van der Waals surface area contributed by atoms with Crippen LogP contribution >= 0.6 is 23.1 Å². The number of rotatable bonds is 5. The quantitative estimate of drug-likeness (QED) is 0.836. The van der Waals surface area contributed by atoms with E-state index in [9.17, 15) is 4.79 Å². The number of likely N-dealkylation sites (tertiary alicyclic amines) is 1. The van der Waals surface area contributed by atoms with Gasteiger partial charge in [-0.3, -0.25) is 0 Å². The highest BCUT2D eigenvalue weighted by Crippen LogP contribution is 2.25. The van der Waals surface area contributed by atoms with E-state index >= 15 is 0 Å². The van der Waals surface area contributed by atoms with Crippen molar-refractivity contribution in [1.29, 1.82) is 0 Å². The summed E-state index contributed by atoms with van der Waals surface area (Å²) in [6.07, 6.45) is 3.99. The summed E-state index contributed by atoms with van der Waals surface area (Å²) in [5.74, 6) is 1.75. The molecule has 3 rings (SSSR count). The van der Waals surface area contributed by atoms with Crippen LogP contribution in [0.5, 0.6) is 0 Å². The van der Waals surface area contributed by atoms with Gasteiger partial charge in [0.2, 0.25) is 0 Å². The van der Waals surface area contributed by atoms with Crippen LogP contribution in [0.3, 0.4) is 0 Å². The lowest BCUT2D eigenvalue weighted by Gasteiger charge is -2.31. The van der Waals surface area contributed by atoms with Gasteiger partial charge >= 0.3 is 6.03 Å². The lowest BCUT2D eigenvalue weighted by atomic mass is 9.99. The van der Waals surface area contributed by atoms with Crippen LogP contribution in [0, 0.1) is 5.92 Å². The third-order valence-corrected chi connectivity index (χ3v) is 6.05. The zero-order valence-electron chi connectivity index (χ0n) is 13.0. The maximum Gasteiger partial charge on any atom is 0.317 e. The number of carbonyl (C=O) groups excluding carboxylic acids is 1. The Hall–Kier alpha value is -1.53. The van der Waals surface area contributed by atoms with E-state index in [4.69, 9.17) is 0 Å². The van der Waals surface area contributed by atoms with Crippen molar-refractivity contribution in [3.05, 3.63) is 46.8 Å². The molecule has 0 aromatic carbocycles. The Morgan fingerprint density at radius 2 is 2.17 bits per heavy atom. The van der Waals surface area contributed by atoms with Crippen molar-refractivity contribution in [1.82, 2.24) is 15.2 Å². The zero-order valence-corrected chi connectivity index (χ0v) is 14.6. The third kappa shape index (κ3) is 4.97. The van der Waals surface area contributed by atoms with E-state index in [0.717, 1.165) is 36.7 Å². The van der Waals surface area contributed by atoms with Gasteiger partial charge in [-0.2, -0.15) is 0 Å². The van der Waals surface area contributed by atoms with Gasteiger partial charge in [0.1, 0.15) is 0 Å². The number of hydrogen-bond donors (Lipinski definition) is 1. The summed E-state index contributed by atoms with van der Waals surface area (Å²) in [4.78, 5) is 19.7. The van der Waals surface area contributed by atoms with Crippen molar-refractivity contribution < 1.29 is 4.79 Å². The van der Waals surface area contributed by atoms with E-state index in [0.29, 0.717) is 12.5 Å². The highest BCUT2D eigenvalue weighted by atomic mass is 32.2. The first kappa shape index (κ1) is 16.3. The topological polar surface area (TPSA) is 45.2 Å². The van der Waals surface area contributed by atoms with Gasteiger partial charge < -0.3 is 10.2 Å². The molecule has 23 heavy (non-hydrogen) atoms. The molecule has 0 aliphatic carbocycles. The SMILES string of the molecule is O=C(NCc1cccs1)N1CCC(CSc2ccccn2)CC1. The Labute approximate surface area is 145 Å². The molecule has 2 aromatic heterocycles. The Morgan fingerprint density at radius 3 is 2.87 bits per heavy atom. The predicted molar refractivity (Wildman–Crippen MR) is 95.8 cm³/mol. The molecular weight excluding hydrogens is 326 g/mol. The fourth-order valence-corrected chi connectivity index (χ4v) is 4.32. The lowest BCUT2D eigenvalue weighted by molar-refractivity contribution is 0.174.